The second kappa shape index (κ2) is 4.10. The van der Waals surface area contributed by atoms with Crippen molar-refractivity contribution in [3.8, 4) is 0 Å². The molecule has 1 aromatic rings. The highest BCUT2D eigenvalue weighted by atomic mass is 16.3. The molecule has 1 heterocycles. The van der Waals surface area contributed by atoms with E-state index in [2.05, 4.69) is 6.92 Å². The first-order valence-electron chi connectivity index (χ1n) is 4.37. The third-order valence-corrected chi connectivity index (χ3v) is 1.97. The molecule has 0 N–H and O–H groups in total. The summed E-state index contributed by atoms with van der Waals surface area (Å²) in [4.78, 5) is 10.7. The maximum absolute atomic E-state index is 10.7. The Morgan fingerprint density at radius 2 is 2.25 bits per heavy atom. The number of carbonyl (C=O) groups excluding carboxylic acids is 1. The molecule has 0 saturated carbocycles. The summed E-state index contributed by atoms with van der Waals surface area (Å²) in [6.07, 6.45) is 5.31. The van der Waals surface area contributed by atoms with Crippen LogP contribution in [0, 0.1) is 0 Å². The zero-order valence-electron chi connectivity index (χ0n) is 7.59. The molecule has 2 nitrogen and oxygen atoms in total. The minimum atomic E-state index is 0.763. The van der Waals surface area contributed by atoms with E-state index in [1.54, 1.807) is 6.26 Å². The predicted octanol–water partition coefficient (Wildman–Crippen LogP) is 2.61. The molecule has 0 aliphatic carbocycles. The third-order valence-electron chi connectivity index (χ3n) is 1.97. The second-order valence-corrected chi connectivity index (χ2v) is 2.82. The maximum Gasteiger partial charge on any atom is 0.153 e. The van der Waals surface area contributed by atoms with Crippen molar-refractivity contribution in [2.24, 2.45) is 0 Å². The van der Waals surface area contributed by atoms with E-state index in [-0.39, 0.29) is 0 Å². The maximum atomic E-state index is 10.7. The molecule has 0 radical (unpaired) electrons. The van der Waals surface area contributed by atoms with Gasteiger partial charge in [-0.3, -0.25) is 4.79 Å². The van der Waals surface area contributed by atoms with Crippen molar-refractivity contribution >= 4 is 6.29 Å². The molecule has 12 heavy (non-hydrogen) atoms. The van der Waals surface area contributed by atoms with Crippen molar-refractivity contribution in [2.75, 3.05) is 0 Å². The topological polar surface area (TPSA) is 30.2 Å². The van der Waals surface area contributed by atoms with Crippen molar-refractivity contribution < 1.29 is 9.21 Å². The van der Waals surface area contributed by atoms with Gasteiger partial charge in [0, 0.05) is 12.0 Å². The highest BCUT2D eigenvalue weighted by molar-refractivity contribution is 5.78. The molecule has 0 aliphatic heterocycles. The summed E-state index contributed by atoms with van der Waals surface area (Å²) < 4.78 is 5.29. The molecule has 0 atom stereocenters. The molecule has 0 bridgehead atoms. The van der Waals surface area contributed by atoms with Gasteiger partial charge in [-0.2, -0.15) is 0 Å². The van der Waals surface area contributed by atoms with Crippen LogP contribution in [0.4, 0.5) is 0 Å². The molecular weight excluding hydrogens is 152 g/mol. The van der Waals surface area contributed by atoms with Gasteiger partial charge in [-0.25, -0.2) is 0 Å². The van der Waals surface area contributed by atoms with Crippen LogP contribution in [0.2, 0.25) is 0 Å². The lowest BCUT2D eigenvalue weighted by atomic mass is 10.1. The molecule has 2 heteroatoms. The molecule has 66 valence electrons. The first-order chi connectivity index (χ1) is 5.83. The number of hydrogen-bond donors (Lipinski definition) is 0. The zero-order valence-corrected chi connectivity index (χ0v) is 7.59. The van der Waals surface area contributed by atoms with Crippen molar-refractivity contribution in [1.82, 2.24) is 0 Å². The van der Waals surface area contributed by atoms with Crippen molar-refractivity contribution in [2.45, 2.75) is 33.1 Å². The van der Waals surface area contributed by atoms with Gasteiger partial charge in [0.1, 0.15) is 5.76 Å². The molecular formula is C10H14O2. The van der Waals surface area contributed by atoms with E-state index in [1.807, 2.05) is 6.92 Å². The Hall–Kier alpha value is -1.05. The SMILES string of the molecule is CCCc1occ(CC)c1C=O. The minimum absolute atomic E-state index is 0.763. The summed E-state index contributed by atoms with van der Waals surface area (Å²) in [5, 5.41) is 0. The van der Waals surface area contributed by atoms with Crippen LogP contribution >= 0.6 is 0 Å². The summed E-state index contributed by atoms with van der Waals surface area (Å²) >= 11 is 0. The molecule has 0 fully saturated rings. The van der Waals surface area contributed by atoms with Crippen LogP contribution in [-0.2, 0) is 12.8 Å². The molecule has 0 unspecified atom stereocenters. The van der Waals surface area contributed by atoms with Gasteiger partial charge >= 0.3 is 0 Å². The van der Waals surface area contributed by atoms with Gasteiger partial charge in [-0.1, -0.05) is 13.8 Å². The summed E-state index contributed by atoms with van der Waals surface area (Å²) in [6.45, 7) is 4.09. The number of aldehydes is 1. The fourth-order valence-corrected chi connectivity index (χ4v) is 1.28. The normalized spacial score (nSPS) is 10.2. The number of aryl methyl sites for hydroxylation is 2. The Morgan fingerprint density at radius 3 is 2.75 bits per heavy atom. The first-order valence-corrected chi connectivity index (χ1v) is 4.37. The standard InChI is InChI=1S/C10H14O2/c1-3-5-10-9(6-11)8(4-2)7-12-10/h6-7H,3-5H2,1-2H3. The first kappa shape index (κ1) is 9.04. The lowest BCUT2D eigenvalue weighted by molar-refractivity contribution is 0.112. The van der Waals surface area contributed by atoms with E-state index in [4.69, 9.17) is 4.42 Å². The smallest absolute Gasteiger partial charge is 0.153 e. The van der Waals surface area contributed by atoms with Gasteiger partial charge in [0.2, 0.25) is 0 Å². The summed E-state index contributed by atoms with van der Waals surface area (Å²) in [6, 6.07) is 0. The predicted molar refractivity (Wildman–Crippen MR) is 47.5 cm³/mol. The van der Waals surface area contributed by atoms with Crippen molar-refractivity contribution in [1.29, 1.82) is 0 Å². The lowest BCUT2D eigenvalue weighted by Crippen LogP contribution is -1.90. The van der Waals surface area contributed by atoms with Gasteiger partial charge in [0.25, 0.3) is 0 Å². The van der Waals surface area contributed by atoms with Gasteiger partial charge in [0.15, 0.2) is 6.29 Å². The van der Waals surface area contributed by atoms with E-state index >= 15 is 0 Å². The van der Waals surface area contributed by atoms with Crippen LogP contribution < -0.4 is 0 Å². The molecule has 1 aromatic heterocycles. The number of carbonyl (C=O) groups is 1. The van der Waals surface area contributed by atoms with Gasteiger partial charge < -0.3 is 4.42 Å². The Morgan fingerprint density at radius 1 is 1.50 bits per heavy atom. The quantitative estimate of drug-likeness (QED) is 0.643. The number of rotatable bonds is 4. The van der Waals surface area contributed by atoms with E-state index in [1.165, 1.54) is 0 Å². The molecule has 0 aromatic carbocycles. The van der Waals surface area contributed by atoms with Gasteiger partial charge in [-0.15, -0.1) is 0 Å². The third kappa shape index (κ3) is 1.58. The fourth-order valence-electron chi connectivity index (χ4n) is 1.28. The average Bonchev–Trinajstić information content (AvgIpc) is 2.47. The van der Waals surface area contributed by atoms with Crippen LogP contribution in [0.15, 0.2) is 10.7 Å². The largest absolute Gasteiger partial charge is 0.468 e. The van der Waals surface area contributed by atoms with Crippen LogP contribution in [0.3, 0.4) is 0 Å². The Bertz CT molecular complexity index is 261. The number of furan rings is 1. The Balaban J connectivity index is 2.96. The van der Waals surface area contributed by atoms with Gasteiger partial charge in [-0.05, 0) is 12.8 Å². The van der Waals surface area contributed by atoms with Crippen LogP contribution in [0.5, 0.6) is 0 Å². The molecule has 0 amide bonds. The molecule has 0 saturated heterocycles. The average molecular weight is 166 g/mol. The van der Waals surface area contributed by atoms with Crippen molar-refractivity contribution in [3.63, 3.8) is 0 Å². The monoisotopic (exact) mass is 166 g/mol. The van der Waals surface area contributed by atoms with Crippen LogP contribution in [-0.4, -0.2) is 6.29 Å². The summed E-state index contributed by atoms with van der Waals surface area (Å²) in [5.74, 6) is 0.837. The van der Waals surface area contributed by atoms with Crippen molar-refractivity contribution in [3.05, 3.63) is 23.2 Å². The van der Waals surface area contributed by atoms with E-state index in [0.717, 1.165) is 42.4 Å². The highest BCUT2D eigenvalue weighted by Crippen LogP contribution is 2.17. The fraction of sp³-hybridized carbons (Fsp3) is 0.500. The van der Waals surface area contributed by atoms with E-state index in [9.17, 15) is 4.79 Å². The zero-order chi connectivity index (χ0) is 8.97. The lowest BCUT2D eigenvalue weighted by Gasteiger charge is -1.93. The van der Waals surface area contributed by atoms with Crippen LogP contribution in [0.25, 0.3) is 0 Å². The van der Waals surface area contributed by atoms with E-state index < -0.39 is 0 Å². The number of hydrogen-bond acceptors (Lipinski definition) is 2. The summed E-state index contributed by atoms with van der Waals surface area (Å²) in [7, 11) is 0. The minimum Gasteiger partial charge on any atom is -0.468 e. The highest BCUT2D eigenvalue weighted by Gasteiger charge is 2.09. The Kier molecular flexibility index (Phi) is 3.09. The van der Waals surface area contributed by atoms with Gasteiger partial charge in [0.05, 0.1) is 11.8 Å². The molecule has 0 spiro atoms. The second-order valence-electron chi connectivity index (χ2n) is 2.82. The molecule has 1 rings (SSSR count). The molecule has 0 aliphatic rings. The summed E-state index contributed by atoms with van der Waals surface area (Å²) in [5.41, 5.74) is 1.79. The van der Waals surface area contributed by atoms with E-state index in [0.29, 0.717) is 0 Å². The Labute approximate surface area is 72.6 Å². The van der Waals surface area contributed by atoms with Crippen LogP contribution in [0.1, 0.15) is 41.9 Å².